The lowest BCUT2D eigenvalue weighted by Crippen LogP contribution is -2.43. The van der Waals surface area contributed by atoms with Gasteiger partial charge in [0.05, 0.1) is 12.8 Å². The van der Waals surface area contributed by atoms with Gasteiger partial charge in [-0.25, -0.2) is 4.98 Å². The Morgan fingerprint density at radius 2 is 1.84 bits per heavy atom. The topological polar surface area (TPSA) is 88.6 Å². The van der Waals surface area contributed by atoms with E-state index in [1.54, 1.807) is 37.3 Å². The molecule has 0 aliphatic carbocycles. The minimum Gasteiger partial charge on any atom is -0.495 e. The number of alkyl halides is 3. The number of aryl methyl sites for hydroxylation is 1. The molecular weight excluding hydrogens is 487 g/mol. The standard InChI is InChI=1S/C26H28F3N5O3/c1-16-13-21(22(36-3)14-19(16)23(35)31-17-9-11-34(2)12-10-17)32-25-30-15-20(26(27,28)29)24(33-25)37-18-7-5-4-6-8-18/h4-8,13-15,17H,9-12H2,1-3H3,(H,31,35)(H,30,32,33). The van der Waals surface area contributed by atoms with Crippen molar-refractivity contribution in [2.24, 2.45) is 0 Å². The fourth-order valence-corrected chi connectivity index (χ4v) is 4.03. The molecule has 1 aliphatic heterocycles. The van der Waals surface area contributed by atoms with Gasteiger partial charge in [-0.05, 0) is 69.7 Å². The third-order valence-corrected chi connectivity index (χ3v) is 6.11. The van der Waals surface area contributed by atoms with Crippen LogP contribution in [-0.4, -0.2) is 54.1 Å². The Labute approximate surface area is 212 Å². The molecule has 0 radical (unpaired) electrons. The quantitative estimate of drug-likeness (QED) is 0.449. The lowest BCUT2D eigenvalue weighted by atomic mass is 10.0. The summed E-state index contributed by atoms with van der Waals surface area (Å²) in [5.74, 6) is -0.457. The number of nitrogens with zero attached hydrogens (tertiary/aromatic N) is 3. The van der Waals surface area contributed by atoms with Crippen LogP contribution in [0.4, 0.5) is 24.8 Å². The molecule has 0 spiro atoms. The van der Waals surface area contributed by atoms with Crippen molar-refractivity contribution >= 4 is 17.5 Å². The normalized spacial score (nSPS) is 14.8. The van der Waals surface area contributed by atoms with Crippen molar-refractivity contribution in [3.05, 3.63) is 65.4 Å². The van der Waals surface area contributed by atoms with Crippen LogP contribution in [0.5, 0.6) is 17.4 Å². The van der Waals surface area contributed by atoms with Gasteiger partial charge in [0.1, 0.15) is 17.1 Å². The van der Waals surface area contributed by atoms with E-state index in [1.165, 1.54) is 19.2 Å². The number of aromatic nitrogens is 2. The number of methoxy groups -OCH3 is 1. The SMILES string of the molecule is COc1cc(C(=O)NC2CCN(C)CC2)c(C)cc1Nc1ncc(C(F)(F)F)c(Oc2ccccc2)n1. The van der Waals surface area contributed by atoms with Crippen LogP contribution in [0.3, 0.4) is 0 Å². The maximum atomic E-state index is 13.5. The Bertz CT molecular complexity index is 1250. The predicted octanol–water partition coefficient (Wildman–Crippen LogP) is 5.17. The first-order valence-electron chi connectivity index (χ1n) is 11.8. The number of hydrogen-bond acceptors (Lipinski definition) is 7. The fraction of sp³-hybridized carbons (Fsp3) is 0.346. The molecule has 3 aromatic rings. The largest absolute Gasteiger partial charge is 0.495 e. The molecular formula is C26H28F3N5O3. The molecule has 2 N–H and O–H groups in total. The van der Waals surface area contributed by atoms with Crippen molar-refractivity contribution in [1.29, 1.82) is 0 Å². The average Bonchev–Trinajstić information content (AvgIpc) is 2.85. The second kappa shape index (κ2) is 11.0. The highest BCUT2D eigenvalue weighted by Gasteiger charge is 2.36. The van der Waals surface area contributed by atoms with Crippen LogP contribution in [0.2, 0.25) is 0 Å². The van der Waals surface area contributed by atoms with Gasteiger partial charge in [-0.2, -0.15) is 18.2 Å². The van der Waals surface area contributed by atoms with Crippen LogP contribution in [0.25, 0.3) is 0 Å². The number of anilines is 2. The molecule has 37 heavy (non-hydrogen) atoms. The number of likely N-dealkylation sites (tertiary alicyclic amines) is 1. The molecule has 1 saturated heterocycles. The summed E-state index contributed by atoms with van der Waals surface area (Å²) in [6.45, 7) is 3.60. The Morgan fingerprint density at radius 3 is 2.49 bits per heavy atom. The first-order valence-corrected chi connectivity index (χ1v) is 11.8. The number of amides is 1. The van der Waals surface area contributed by atoms with Gasteiger partial charge >= 0.3 is 6.18 Å². The molecule has 0 bridgehead atoms. The summed E-state index contributed by atoms with van der Waals surface area (Å²) in [5.41, 5.74) is 0.386. The minimum absolute atomic E-state index is 0.0930. The highest BCUT2D eigenvalue weighted by atomic mass is 19.4. The van der Waals surface area contributed by atoms with Gasteiger partial charge < -0.3 is 25.0 Å². The van der Waals surface area contributed by atoms with E-state index in [9.17, 15) is 18.0 Å². The molecule has 196 valence electrons. The molecule has 1 fully saturated rings. The first-order chi connectivity index (χ1) is 17.6. The van der Waals surface area contributed by atoms with E-state index in [0.29, 0.717) is 28.8 Å². The molecule has 0 atom stereocenters. The Hall–Kier alpha value is -3.86. The number of ether oxygens (including phenoxy) is 2. The number of carbonyl (C=O) groups is 1. The van der Waals surface area contributed by atoms with E-state index >= 15 is 0 Å². The smallest absolute Gasteiger partial charge is 0.423 e. The molecule has 8 nitrogen and oxygen atoms in total. The van der Waals surface area contributed by atoms with E-state index in [0.717, 1.165) is 25.9 Å². The van der Waals surface area contributed by atoms with E-state index in [4.69, 9.17) is 9.47 Å². The van der Waals surface area contributed by atoms with Crippen molar-refractivity contribution in [2.75, 3.05) is 32.6 Å². The van der Waals surface area contributed by atoms with Gasteiger partial charge in [0.15, 0.2) is 0 Å². The number of para-hydroxylation sites is 1. The van der Waals surface area contributed by atoms with Crippen LogP contribution in [0, 0.1) is 6.92 Å². The molecule has 0 unspecified atom stereocenters. The number of benzene rings is 2. The molecule has 2 aromatic carbocycles. The summed E-state index contributed by atoms with van der Waals surface area (Å²) in [7, 11) is 3.49. The molecule has 1 aliphatic rings. The lowest BCUT2D eigenvalue weighted by molar-refractivity contribution is -0.139. The molecule has 2 heterocycles. The van der Waals surface area contributed by atoms with Crippen molar-refractivity contribution in [3.63, 3.8) is 0 Å². The van der Waals surface area contributed by atoms with Crippen LogP contribution in [0.1, 0.15) is 34.3 Å². The molecule has 1 amide bonds. The van der Waals surface area contributed by atoms with Crippen molar-refractivity contribution in [3.8, 4) is 17.4 Å². The molecule has 0 saturated carbocycles. The highest BCUT2D eigenvalue weighted by molar-refractivity contribution is 5.97. The van der Waals surface area contributed by atoms with Gasteiger partial charge in [-0.15, -0.1) is 0 Å². The summed E-state index contributed by atoms with van der Waals surface area (Å²) in [5, 5.41) is 5.97. The number of rotatable bonds is 7. The zero-order chi connectivity index (χ0) is 26.6. The van der Waals surface area contributed by atoms with Crippen LogP contribution in [0.15, 0.2) is 48.7 Å². The zero-order valence-electron chi connectivity index (χ0n) is 20.7. The zero-order valence-corrected chi connectivity index (χ0v) is 20.7. The van der Waals surface area contributed by atoms with Gasteiger partial charge in [0.2, 0.25) is 11.8 Å². The van der Waals surface area contributed by atoms with E-state index < -0.39 is 17.6 Å². The number of carbonyl (C=O) groups excluding carboxylic acids is 1. The highest BCUT2D eigenvalue weighted by Crippen LogP contribution is 2.38. The number of hydrogen-bond donors (Lipinski definition) is 2. The second-order valence-electron chi connectivity index (χ2n) is 8.87. The monoisotopic (exact) mass is 515 g/mol. The van der Waals surface area contributed by atoms with Crippen molar-refractivity contribution < 1.29 is 27.4 Å². The van der Waals surface area contributed by atoms with Crippen LogP contribution >= 0.6 is 0 Å². The van der Waals surface area contributed by atoms with Gasteiger partial charge in [0.25, 0.3) is 5.91 Å². The first kappa shape index (κ1) is 26.2. The Kier molecular flexibility index (Phi) is 7.82. The van der Waals surface area contributed by atoms with Gasteiger partial charge in [-0.3, -0.25) is 4.79 Å². The third-order valence-electron chi connectivity index (χ3n) is 6.11. The molecule has 4 rings (SSSR count). The number of nitrogens with one attached hydrogen (secondary N) is 2. The lowest BCUT2D eigenvalue weighted by Gasteiger charge is -2.29. The van der Waals surface area contributed by atoms with E-state index in [1.807, 2.05) is 0 Å². The summed E-state index contributed by atoms with van der Waals surface area (Å²) in [4.78, 5) is 23.0. The Balaban J connectivity index is 1.58. The van der Waals surface area contributed by atoms with Gasteiger partial charge in [0, 0.05) is 17.8 Å². The number of halogens is 3. The fourth-order valence-electron chi connectivity index (χ4n) is 4.03. The number of piperidine rings is 1. The third kappa shape index (κ3) is 6.48. The van der Waals surface area contributed by atoms with Crippen LogP contribution in [-0.2, 0) is 6.18 Å². The molecule has 11 heteroatoms. The van der Waals surface area contributed by atoms with Crippen LogP contribution < -0.4 is 20.1 Å². The summed E-state index contributed by atoms with van der Waals surface area (Å²) in [6, 6.07) is 11.4. The average molecular weight is 516 g/mol. The summed E-state index contributed by atoms with van der Waals surface area (Å²) in [6.07, 6.45) is -2.30. The molecule has 1 aromatic heterocycles. The van der Waals surface area contributed by atoms with Gasteiger partial charge in [-0.1, -0.05) is 18.2 Å². The summed E-state index contributed by atoms with van der Waals surface area (Å²) >= 11 is 0. The maximum Gasteiger partial charge on any atom is 0.423 e. The minimum atomic E-state index is -4.71. The van der Waals surface area contributed by atoms with E-state index in [-0.39, 0.29) is 23.6 Å². The second-order valence-corrected chi connectivity index (χ2v) is 8.87. The predicted molar refractivity (Wildman–Crippen MR) is 133 cm³/mol. The van der Waals surface area contributed by atoms with Crippen molar-refractivity contribution in [1.82, 2.24) is 20.2 Å². The Morgan fingerprint density at radius 1 is 1.14 bits per heavy atom. The van der Waals surface area contributed by atoms with Crippen molar-refractivity contribution in [2.45, 2.75) is 32.0 Å². The maximum absolute atomic E-state index is 13.5. The summed E-state index contributed by atoms with van der Waals surface area (Å²) < 4.78 is 51.5. The van der Waals surface area contributed by atoms with E-state index in [2.05, 4.69) is 32.5 Å².